The first-order valence-corrected chi connectivity index (χ1v) is 6.21. The van der Waals surface area contributed by atoms with Gasteiger partial charge in [0.2, 0.25) is 0 Å². The molecule has 4 heteroatoms. The van der Waals surface area contributed by atoms with Gasteiger partial charge < -0.3 is 11.1 Å². The third-order valence-electron chi connectivity index (χ3n) is 2.86. The molecule has 0 unspecified atom stereocenters. The number of rotatable bonds is 4. The molecule has 1 amide bonds. The summed E-state index contributed by atoms with van der Waals surface area (Å²) in [6.07, 6.45) is 2.37. The summed E-state index contributed by atoms with van der Waals surface area (Å²) in [5, 5.41) is 2.85. The van der Waals surface area contributed by atoms with Crippen LogP contribution in [0.1, 0.15) is 21.5 Å². The molecular weight excluding hydrogens is 238 g/mol. The Bertz CT molecular complexity index is 581. The van der Waals surface area contributed by atoms with Gasteiger partial charge in [-0.1, -0.05) is 29.8 Å². The number of carbonyl (C=O) groups is 1. The topological polar surface area (TPSA) is 68.0 Å². The fraction of sp³-hybridized carbons (Fsp3) is 0.200. The van der Waals surface area contributed by atoms with E-state index in [1.54, 1.807) is 18.3 Å². The largest absolute Gasteiger partial charge is 0.383 e. The van der Waals surface area contributed by atoms with Crippen molar-refractivity contribution in [2.75, 3.05) is 12.3 Å². The number of nitrogens with two attached hydrogens (primary N) is 1. The molecule has 19 heavy (non-hydrogen) atoms. The molecule has 4 nitrogen and oxygen atoms in total. The molecule has 0 saturated carbocycles. The molecule has 2 rings (SSSR count). The van der Waals surface area contributed by atoms with Crippen molar-refractivity contribution in [1.82, 2.24) is 10.3 Å². The lowest BCUT2D eigenvalue weighted by Crippen LogP contribution is -2.26. The van der Waals surface area contributed by atoms with Crippen molar-refractivity contribution in [3.63, 3.8) is 0 Å². The molecule has 0 aliphatic carbocycles. The third kappa shape index (κ3) is 3.55. The number of hydrogen-bond acceptors (Lipinski definition) is 3. The highest BCUT2D eigenvalue weighted by molar-refractivity contribution is 5.98. The summed E-state index contributed by atoms with van der Waals surface area (Å²) in [7, 11) is 0. The first-order valence-electron chi connectivity index (χ1n) is 6.21. The number of aromatic nitrogens is 1. The molecule has 2 aromatic rings. The van der Waals surface area contributed by atoms with Gasteiger partial charge in [-0.05, 0) is 31.0 Å². The van der Waals surface area contributed by atoms with E-state index >= 15 is 0 Å². The van der Waals surface area contributed by atoms with Crippen LogP contribution in [0.15, 0.2) is 42.6 Å². The Morgan fingerprint density at radius 2 is 2.16 bits per heavy atom. The lowest BCUT2D eigenvalue weighted by Gasteiger charge is -2.07. The van der Waals surface area contributed by atoms with Gasteiger partial charge in [0.05, 0.1) is 5.56 Å². The Balaban J connectivity index is 1.90. The summed E-state index contributed by atoms with van der Waals surface area (Å²) < 4.78 is 0. The summed E-state index contributed by atoms with van der Waals surface area (Å²) in [5.41, 5.74) is 8.51. The standard InChI is InChI=1S/C15H17N3O/c1-11-4-2-5-12(10-11)7-9-18-15(19)13-6-3-8-17-14(13)16/h2-6,8,10H,7,9H2,1H3,(H2,16,17)(H,18,19). The van der Waals surface area contributed by atoms with Crippen molar-refractivity contribution in [2.24, 2.45) is 0 Å². The number of carbonyl (C=O) groups excluding carboxylic acids is 1. The Labute approximate surface area is 112 Å². The van der Waals surface area contributed by atoms with E-state index in [0.29, 0.717) is 12.1 Å². The first kappa shape index (κ1) is 13.1. The number of aryl methyl sites for hydroxylation is 1. The summed E-state index contributed by atoms with van der Waals surface area (Å²) in [6, 6.07) is 11.6. The second kappa shape index (κ2) is 6.00. The SMILES string of the molecule is Cc1cccc(CCNC(=O)c2cccnc2N)c1. The van der Waals surface area contributed by atoms with Crippen LogP contribution in [0.5, 0.6) is 0 Å². The van der Waals surface area contributed by atoms with Crippen molar-refractivity contribution in [3.8, 4) is 0 Å². The predicted molar refractivity (Wildman–Crippen MR) is 75.9 cm³/mol. The zero-order valence-electron chi connectivity index (χ0n) is 10.9. The molecule has 0 radical (unpaired) electrons. The fourth-order valence-electron chi connectivity index (χ4n) is 1.89. The molecule has 0 aliphatic heterocycles. The van der Waals surface area contributed by atoms with Gasteiger partial charge in [-0.3, -0.25) is 4.79 Å². The van der Waals surface area contributed by atoms with E-state index in [0.717, 1.165) is 6.42 Å². The summed E-state index contributed by atoms with van der Waals surface area (Å²) in [4.78, 5) is 15.8. The van der Waals surface area contributed by atoms with Crippen molar-refractivity contribution >= 4 is 11.7 Å². The van der Waals surface area contributed by atoms with Gasteiger partial charge in [0, 0.05) is 12.7 Å². The molecule has 0 atom stereocenters. The van der Waals surface area contributed by atoms with E-state index in [1.807, 2.05) is 6.07 Å². The van der Waals surface area contributed by atoms with Crippen LogP contribution in [0.2, 0.25) is 0 Å². The molecule has 0 bridgehead atoms. The highest BCUT2D eigenvalue weighted by atomic mass is 16.1. The van der Waals surface area contributed by atoms with Gasteiger partial charge in [0.1, 0.15) is 5.82 Å². The second-order valence-corrected chi connectivity index (χ2v) is 4.43. The maximum absolute atomic E-state index is 11.9. The van der Waals surface area contributed by atoms with Crippen molar-refractivity contribution in [3.05, 3.63) is 59.3 Å². The highest BCUT2D eigenvalue weighted by Crippen LogP contribution is 2.07. The Kier molecular flexibility index (Phi) is 4.13. The molecule has 3 N–H and O–H groups in total. The molecule has 1 aromatic carbocycles. The lowest BCUT2D eigenvalue weighted by atomic mass is 10.1. The normalized spacial score (nSPS) is 10.2. The molecule has 98 valence electrons. The first-order chi connectivity index (χ1) is 9.16. The molecule has 1 aromatic heterocycles. The van der Waals surface area contributed by atoms with Crippen LogP contribution >= 0.6 is 0 Å². The molecule has 0 fully saturated rings. The average Bonchev–Trinajstić information content (AvgIpc) is 2.39. The van der Waals surface area contributed by atoms with Gasteiger partial charge >= 0.3 is 0 Å². The number of nitrogens with one attached hydrogen (secondary N) is 1. The number of hydrogen-bond donors (Lipinski definition) is 2. The second-order valence-electron chi connectivity index (χ2n) is 4.43. The quantitative estimate of drug-likeness (QED) is 0.877. The van der Waals surface area contributed by atoms with E-state index in [-0.39, 0.29) is 11.7 Å². The Morgan fingerprint density at radius 3 is 2.89 bits per heavy atom. The maximum atomic E-state index is 11.9. The van der Waals surface area contributed by atoms with Crippen LogP contribution < -0.4 is 11.1 Å². The minimum Gasteiger partial charge on any atom is -0.383 e. The molecule has 1 heterocycles. The number of amides is 1. The Hall–Kier alpha value is -2.36. The number of nitrogens with zero attached hydrogens (tertiary/aromatic N) is 1. The zero-order chi connectivity index (χ0) is 13.7. The molecular formula is C15H17N3O. The van der Waals surface area contributed by atoms with Gasteiger partial charge in [-0.2, -0.15) is 0 Å². The number of pyridine rings is 1. The molecule has 0 saturated heterocycles. The average molecular weight is 255 g/mol. The van der Waals surface area contributed by atoms with Crippen LogP contribution in [0.25, 0.3) is 0 Å². The van der Waals surface area contributed by atoms with E-state index < -0.39 is 0 Å². The van der Waals surface area contributed by atoms with E-state index in [4.69, 9.17) is 5.73 Å². The van der Waals surface area contributed by atoms with E-state index in [2.05, 4.69) is 35.4 Å². The maximum Gasteiger partial charge on any atom is 0.255 e. The van der Waals surface area contributed by atoms with Gasteiger partial charge in [-0.15, -0.1) is 0 Å². The van der Waals surface area contributed by atoms with Gasteiger partial charge in [0.25, 0.3) is 5.91 Å². The van der Waals surface area contributed by atoms with Crippen LogP contribution in [-0.2, 0) is 6.42 Å². The lowest BCUT2D eigenvalue weighted by molar-refractivity contribution is 0.0955. The fourth-order valence-corrected chi connectivity index (χ4v) is 1.89. The zero-order valence-corrected chi connectivity index (χ0v) is 10.9. The third-order valence-corrected chi connectivity index (χ3v) is 2.86. The van der Waals surface area contributed by atoms with Crippen LogP contribution in [-0.4, -0.2) is 17.4 Å². The van der Waals surface area contributed by atoms with E-state index in [9.17, 15) is 4.79 Å². The summed E-state index contributed by atoms with van der Waals surface area (Å²) >= 11 is 0. The number of benzene rings is 1. The molecule has 0 spiro atoms. The minimum atomic E-state index is -0.182. The van der Waals surface area contributed by atoms with Crippen LogP contribution in [0.4, 0.5) is 5.82 Å². The highest BCUT2D eigenvalue weighted by Gasteiger charge is 2.08. The van der Waals surface area contributed by atoms with Crippen molar-refractivity contribution < 1.29 is 4.79 Å². The molecule has 0 aliphatic rings. The monoisotopic (exact) mass is 255 g/mol. The van der Waals surface area contributed by atoms with Crippen LogP contribution in [0, 0.1) is 6.92 Å². The summed E-state index contributed by atoms with van der Waals surface area (Å²) in [5.74, 6) is 0.0776. The smallest absolute Gasteiger partial charge is 0.255 e. The van der Waals surface area contributed by atoms with E-state index in [1.165, 1.54) is 11.1 Å². The number of nitrogen functional groups attached to an aromatic ring is 1. The van der Waals surface area contributed by atoms with Gasteiger partial charge in [-0.25, -0.2) is 4.98 Å². The number of anilines is 1. The van der Waals surface area contributed by atoms with Crippen molar-refractivity contribution in [1.29, 1.82) is 0 Å². The predicted octanol–water partition coefficient (Wildman–Crippen LogP) is 1.94. The van der Waals surface area contributed by atoms with Crippen molar-refractivity contribution in [2.45, 2.75) is 13.3 Å². The van der Waals surface area contributed by atoms with Gasteiger partial charge in [0.15, 0.2) is 0 Å². The van der Waals surface area contributed by atoms with Crippen LogP contribution in [0.3, 0.4) is 0 Å². The summed E-state index contributed by atoms with van der Waals surface area (Å²) in [6.45, 7) is 2.63. The minimum absolute atomic E-state index is 0.182. The Morgan fingerprint density at radius 1 is 1.32 bits per heavy atom.